The molecule has 2 aromatic carbocycles. The predicted molar refractivity (Wildman–Crippen MR) is 98.3 cm³/mol. The number of rotatable bonds is 6. The lowest BCUT2D eigenvalue weighted by Gasteiger charge is -2.05. The zero-order valence-corrected chi connectivity index (χ0v) is 14.2. The summed E-state index contributed by atoms with van der Waals surface area (Å²) in [5.41, 5.74) is 3.17. The van der Waals surface area contributed by atoms with Crippen molar-refractivity contribution in [1.82, 2.24) is 9.55 Å². The quantitative estimate of drug-likeness (QED) is 0.636. The van der Waals surface area contributed by atoms with Gasteiger partial charge in [0.2, 0.25) is 5.88 Å². The van der Waals surface area contributed by atoms with Crippen molar-refractivity contribution in [1.29, 1.82) is 0 Å². The summed E-state index contributed by atoms with van der Waals surface area (Å²) in [5.74, 6) is 1.84. The second-order valence-electron chi connectivity index (χ2n) is 5.28. The minimum absolute atomic E-state index is 0.236. The number of imidazole rings is 1. The van der Waals surface area contributed by atoms with E-state index in [1.54, 1.807) is 16.3 Å². The van der Waals surface area contributed by atoms with Crippen LogP contribution in [-0.2, 0) is 18.1 Å². The molecule has 0 unspecified atom stereocenters. The van der Waals surface area contributed by atoms with Crippen LogP contribution in [0.1, 0.15) is 16.8 Å². The van der Waals surface area contributed by atoms with Gasteiger partial charge in [-0.05, 0) is 23.3 Å². The van der Waals surface area contributed by atoms with Crippen molar-refractivity contribution in [3.05, 3.63) is 82.3 Å². The summed E-state index contributed by atoms with van der Waals surface area (Å²) in [4.78, 5) is 3.13. The van der Waals surface area contributed by atoms with Crippen molar-refractivity contribution < 1.29 is 5.11 Å². The van der Waals surface area contributed by atoms with Gasteiger partial charge in [-0.25, -0.2) is 0 Å². The Labute approximate surface area is 145 Å². The maximum absolute atomic E-state index is 10.4. The summed E-state index contributed by atoms with van der Waals surface area (Å²) >= 11 is 7.09. The van der Waals surface area contributed by atoms with Crippen LogP contribution in [0.3, 0.4) is 0 Å². The van der Waals surface area contributed by atoms with E-state index < -0.39 is 0 Å². The van der Waals surface area contributed by atoms with Crippen molar-refractivity contribution >= 4 is 24.0 Å². The monoisotopic (exact) mass is 342 g/mol. The lowest BCUT2D eigenvalue weighted by atomic mass is 10.2. The first-order chi connectivity index (χ1) is 11.2. The largest absolute Gasteiger partial charge is 0.493 e. The van der Waals surface area contributed by atoms with Crippen molar-refractivity contribution in [3.63, 3.8) is 0 Å². The Morgan fingerprint density at radius 1 is 0.913 bits per heavy atom. The molecule has 3 nitrogen and oxygen atoms in total. The molecule has 0 bridgehead atoms. The number of benzene rings is 2. The number of thioether (sulfide) groups is 1. The van der Waals surface area contributed by atoms with E-state index in [1.807, 2.05) is 48.5 Å². The third-order valence-electron chi connectivity index (χ3n) is 3.57. The van der Waals surface area contributed by atoms with E-state index in [0.717, 1.165) is 17.0 Å². The maximum atomic E-state index is 10.4. The van der Waals surface area contributed by atoms with E-state index in [4.69, 9.17) is 12.2 Å². The molecular formula is C18H18N2OS2. The molecule has 118 valence electrons. The first-order valence-corrected chi connectivity index (χ1v) is 8.96. The van der Waals surface area contributed by atoms with E-state index in [1.165, 1.54) is 5.56 Å². The van der Waals surface area contributed by atoms with Gasteiger partial charge in [-0.15, -0.1) is 0 Å². The van der Waals surface area contributed by atoms with Gasteiger partial charge in [-0.2, -0.15) is 11.8 Å². The molecule has 0 spiro atoms. The van der Waals surface area contributed by atoms with Gasteiger partial charge in [0.25, 0.3) is 0 Å². The number of nitrogens with one attached hydrogen (secondary N) is 1. The highest BCUT2D eigenvalue weighted by Gasteiger charge is 2.11. The standard InChI is InChI=1S/C18H18N2OS2/c21-17-16(13-23-12-15-9-5-2-6-10-15)19-18(22)20(17)11-14-7-3-1-4-8-14/h1-10,21H,11-13H2,(H,19,22). The number of nitrogens with zero attached hydrogens (tertiary/aromatic N) is 1. The highest BCUT2D eigenvalue weighted by Crippen LogP contribution is 2.25. The lowest BCUT2D eigenvalue weighted by Crippen LogP contribution is -1.99. The van der Waals surface area contributed by atoms with Crippen LogP contribution in [0.15, 0.2) is 60.7 Å². The fraction of sp³-hybridized carbons (Fsp3) is 0.167. The first kappa shape index (κ1) is 15.9. The van der Waals surface area contributed by atoms with Crippen LogP contribution in [0.2, 0.25) is 0 Å². The van der Waals surface area contributed by atoms with Gasteiger partial charge in [-0.3, -0.25) is 4.57 Å². The van der Waals surface area contributed by atoms with Gasteiger partial charge >= 0.3 is 0 Å². The van der Waals surface area contributed by atoms with Crippen LogP contribution < -0.4 is 0 Å². The normalized spacial score (nSPS) is 10.8. The molecule has 3 rings (SSSR count). The Hall–Kier alpha value is -1.98. The Balaban J connectivity index is 1.67. The molecule has 0 aliphatic rings. The van der Waals surface area contributed by atoms with Gasteiger partial charge in [0.05, 0.1) is 12.2 Å². The number of hydrogen-bond donors (Lipinski definition) is 2. The molecule has 0 aliphatic heterocycles. The minimum atomic E-state index is 0.236. The van der Waals surface area contributed by atoms with E-state index >= 15 is 0 Å². The fourth-order valence-electron chi connectivity index (χ4n) is 2.37. The third kappa shape index (κ3) is 4.06. The molecule has 1 heterocycles. The Kier molecular flexibility index (Phi) is 5.20. The van der Waals surface area contributed by atoms with Crippen LogP contribution >= 0.6 is 24.0 Å². The van der Waals surface area contributed by atoms with E-state index in [9.17, 15) is 5.11 Å². The molecule has 5 heteroatoms. The highest BCUT2D eigenvalue weighted by molar-refractivity contribution is 7.97. The molecule has 0 aliphatic carbocycles. The van der Waals surface area contributed by atoms with Gasteiger partial charge < -0.3 is 10.1 Å². The minimum Gasteiger partial charge on any atom is -0.493 e. The smallest absolute Gasteiger partial charge is 0.214 e. The summed E-state index contributed by atoms with van der Waals surface area (Å²) in [6.07, 6.45) is 0. The van der Waals surface area contributed by atoms with Gasteiger partial charge in [0.15, 0.2) is 4.77 Å². The molecular weight excluding hydrogens is 324 g/mol. The molecule has 0 atom stereocenters. The zero-order chi connectivity index (χ0) is 16.1. The van der Waals surface area contributed by atoms with Crippen molar-refractivity contribution in [2.75, 3.05) is 0 Å². The van der Waals surface area contributed by atoms with Crippen LogP contribution in [0.4, 0.5) is 0 Å². The average Bonchev–Trinajstić information content (AvgIpc) is 2.85. The van der Waals surface area contributed by atoms with E-state index in [-0.39, 0.29) is 5.88 Å². The topological polar surface area (TPSA) is 40.9 Å². The van der Waals surface area contributed by atoms with Gasteiger partial charge in [0, 0.05) is 11.5 Å². The second-order valence-corrected chi connectivity index (χ2v) is 6.65. The van der Waals surface area contributed by atoms with Crippen molar-refractivity contribution in [2.45, 2.75) is 18.1 Å². The van der Waals surface area contributed by atoms with Crippen LogP contribution in [-0.4, -0.2) is 14.7 Å². The molecule has 0 saturated heterocycles. The van der Waals surface area contributed by atoms with Gasteiger partial charge in [0.1, 0.15) is 0 Å². The number of hydrogen-bond acceptors (Lipinski definition) is 3. The Morgan fingerprint density at radius 2 is 1.52 bits per heavy atom. The molecule has 0 amide bonds. The van der Waals surface area contributed by atoms with Crippen molar-refractivity contribution in [2.24, 2.45) is 0 Å². The summed E-state index contributed by atoms with van der Waals surface area (Å²) in [6.45, 7) is 0.575. The molecule has 0 fully saturated rings. The van der Waals surface area contributed by atoms with Crippen LogP contribution in [0.25, 0.3) is 0 Å². The Morgan fingerprint density at radius 3 is 2.17 bits per heavy atom. The number of aromatic amines is 1. The maximum Gasteiger partial charge on any atom is 0.214 e. The summed E-state index contributed by atoms with van der Waals surface area (Å²) in [7, 11) is 0. The van der Waals surface area contributed by atoms with E-state index in [2.05, 4.69) is 17.1 Å². The molecule has 2 N–H and O–H groups in total. The van der Waals surface area contributed by atoms with E-state index in [0.29, 0.717) is 17.1 Å². The fourth-order valence-corrected chi connectivity index (χ4v) is 3.58. The number of aromatic hydroxyl groups is 1. The lowest BCUT2D eigenvalue weighted by molar-refractivity contribution is 0.419. The third-order valence-corrected chi connectivity index (χ3v) is 4.92. The summed E-state index contributed by atoms with van der Waals surface area (Å²) < 4.78 is 2.30. The summed E-state index contributed by atoms with van der Waals surface area (Å²) in [6, 6.07) is 20.3. The van der Waals surface area contributed by atoms with Crippen molar-refractivity contribution in [3.8, 4) is 5.88 Å². The zero-order valence-electron chi connectivity index (χ0n) is 12.6. The van der Waals surface area contributed by atoms with Crippen LogP contribution in [0, 0.1) is 4.77 Å². The second kappa shape index (κ2) is 7.53. The predicted octanol–water partition coefficient (Wildman–Crippen LogP) is 4.73. The van der Waals surface area contributed by atoms with Crippen LogP contribution in [0.5, 0.6) is 5.88 Å². The molecule has 1 aromatic heterocycles. The molecule has 0 radical (unpaired) electrons. The summed E-state index contributed by atoms with van der Waals surface area (Å²) in [5, 5.41) is 10.4. The number of aromatic nitrogens is 2. The average molecular weight is 342 g/mol. The SMILES string of the molecule is Oc1c(CSCc2ccccc2)[nH]c(=S)n1Cc1ccccc1. The molecule has 0 saturated carbocycles. The van der Waals surface area contributed by atoms with Gasteiger partial charge in [-0.1, -0.05) is 60.7 Å². The molecule has 3 aromatic rings. The number of H-pyrrole nitrogens is 1. The first-order valence-electron chi connectivity index (χ1n) is 7.40. The highest BCUT2D eigenvalue weighted by atomic mass is 32.2. The molecule has 23 heavy (non-hydrogen) atoms. The Bertz CT molecular complexity index is 810.